The van der Waals surface area contributed by atoms with Gasteiger partial charge >= 0.3 is 11.9 Å². The van der Waals surface area contributed by atoms with Gasteiger partial charge in [-0.15, -0.1) is 0 Å². The van der Waals surface area contributed by atoms with Gasteiger partial charge in [0.15, 0.2) is 6.34 Å². The largest absolute Gasteiger partial charge is 0.446 e. The molecule has 2 aliphatic rings. The van der Waals surface area contributed by atoms with Crippen molar-refractivity contribution in [3.8, 4) is 0 Å². The minimum absolute atomic E-state index is 0.115. The number of fused-ring (bicyclic) bond motifs is 1. The molecule has 2 rings (SSSR count). The second-order valence-corrected chi connectivity index (χ2v) is 2.30. The lowest BCUT2D eigenvalue weighted by molar-refractivity contribution is -0.401. The summed E-state index contributed by atoms with van der Waals surface area (Å²) in [5.74, 6) is -1.66. The summed E-state index contributed by atoms with van der Waals surface area (Å²) < 4.78 is 43.3. The van der Waals surface area contributed by atoms with Gasteiger partial charge in [-0.1, -0.05) is 4.99 Å². The maximum absolute atomic E-state index is 11.9. The third-order valence-corrected chi connectivity index (χ3v) is 1.58. The molecular formula is C7H7N4O2+. The molecule has 2 aliphatic heterocycles. The van der Waals surface area contributed by atoms with Crippen LogP contribution in [0.1, 0.15) is 8.22 Å². The lowest BCUT2D eigenvalue weighted by Crippen LogP contribution is -2.51. The highest BCUT2D eigenvalue weighted by molar-refractivity contribution is 6.69. The van der Waals surface area contributed by atoms with E-state index in [0.717, 1.165) is 6.34 Å². The van der Waals surface area contributed by atoms with Crippen LogP contribution >= 0.6 is 0 Å². The van der Waals surface area contributed by atoms with Crippen molar-refractivity contribution < 1.29 is 22.4 Å². The van der Waals surface area contributed by atoms with Crippen LogP contribution in [0.4, 0.5) is 4.79 Å². The van der Waals surface area contributed by atoms with Gasteiger partial charge in [0.1, 0.15) is 0 Å². The summed E-state index contributed by atoms with van der Waals surface area (Å²) in [6, 6.07) is -1.47. The summed E-state index contributed by atoms with van der Waals surface area (Å²) in [5.41, 5.74) is -0.480. The van der Waals surface area contributed by atoms with E-state index in [1.807, 2.05) is 0 Å². The number of aliphatic imine (C=N–C) groups is 2. The molecule has 0 aromatic carbocycles. The summed E-state index contributed by atoms with van der Waals surface area (Å²) in [4.78, 5) is 30.7. The van der Waals surface area contributed by atoms with Gasteiger partial charge in [-0.3, -0.25) is 0 Å². The maximum Gasteiger partial charge on any atom is 0.446 e. The zero-order valence-electron chi connectivity index (χ0n) is 12.2. The molecule has 13 heavy (non-hydrogen) atoms. The van der Waals surface area contributed by atoms with Crippen molar-refractivity contribution >= 4 is 29.8 Å². The van der Waals surface area contributed by atoms with Crippen LogP contribution < -0.4 is 0 Å². The number of rotatable bonds is 0. The number of amidine groups is 1. The average Bonchev–Trinajstić information content (AvgIpc) is 2.61. The highest BCUT2D eigenvalue weighted by Crippen LogP contribution is 2.06. The Morgan fingerprint density at radius 3 is 3.15 bits per heavy atom. The van der Waals surface area contributed by atoms with E-state index in [4.69, 9.17) is 8.22 Å². The van der Waals surface area contributed by atoms with E-state index in [0.29, 0.717) is 0 Å². The second kappa shape index (κ2) is 2.32. The standard InChI is InChI=1S/C7H7N4O2/c1-10-5-4(8-3-9-5)6(12)11(2)7(10)13/h3H,1-2H3/q+1/i1D3,2D3. The van der Waals surface area contributed by atoms with E-state index < -0.39 is 37.4 Å². The fourth-order valence-electron chi connectivity index (χ4n) is 0.958. The number of urea groups is 1. The fraction of sp³-hybridized carbons (Fsp3) is 0.286. The Hall–Kier alpha value is -1.85. The van der Waals surface area contributed by atoms with Crippen LogP contribution in [0, 0.1) is 0 Å². The Labute approximate surface area is 82.3 Å². The molecule has 3 amide bonds. The van der Waals surface area contributed by atoms with Gasteiger partial charge in [-0.05, 0) is 0 Å². The van der Waals surface area contributed by atoms with Crippen LogP contribution in [0.2, 0.25) is 0 Å². The van der Waals surface area contributed by atoms with Gasteiger partial charge in [-0.2, -0.15) is 9.48 Å². The topological polar surface area (TPSA) is 65.1 Å². The van der Waals surface area contributed by atoms with Gasteiger partial charge in [0, 0.05) is 0 Å². The molecule has 0 aromatic heterocycles. The van der Waals surface area contributed by atoms with Gasteiger partial charge < -0.3 is 0 Å². The van der Waals surface area contributed by atoms with E-state index in [2.05, 4.69) is 9.98 Å². The smallest absolute Gasteiger partial charge is 0.248 e. The molecule has 0 N–H and O–H groups in total. The number of nitrogens with zero attached hydrogens (tertiary/aromatic N) is 4. The lowest BCUT2D eigenvalue weighted by atomic mass is 10.2. The Balaban J connectivity index is 2.68. The number of amides is 3. The highest BCUT2D eigenvalue weighted by Gasteiger charge is 2.42. The Morgan fingerprint density at radius 2 is 2.46 bits per heavy atom. The normalized spacial score (nSPS) is 29.8. The number of hydrogen-bond donors (Lipinski definition) is 0. The Morgan fingerprint density at radius 1 is 1.62 bits per heavy atom. The molecular weight excluding hydrogens is 172 g/mol. The molecule has 6 heteroatoms. The first-order chi connectivity index (χ1) is 8.55. The molecule has 66 valence electrons. The molecule has 0 aliphatic carbocycles. The third-order valence-electron chi connectivity index (χ3n) is 1.58. The zero-order valence-corrected chi connectivity index (χ0v) is 6.18. The molecule has 0 atom stereocenters. The van der Waals surface area contributed by atoms with Crippen molar-refractivity contribution in [1.29, 1.82) is 0 Å². The summed E-state index contributed by atoms with van der Waals surface area (Å²) in [6.07, 6.45) is 0.887. The van der Waals surface area contributed by atoms with Crippen LogP contribution in [0.3, 0.4) is 0 Å². The summed E-state index contributed by atoms with van der Waals surface area (Å²) >= 11 is 0. The second-order valence-electron chi connectivity index (χ2n) is 2.30. The van der Waals surface area contributed by atoms with Crippen molar-refractivity contribution in [3.63, 3.8) is 0 Å². The SMILES string of the molecule is [2H]C([2H])([2H])N1C(=O)C2=NC=NC2=[N+](C([2H])([2H])[2H])C1=O. The Bertz CT molecular complexity index is 569. The molecule has 0 saturated heterocycles. The monoisotopic (exact) mass is 185 g/mol. The van der Waals surface area contributed by atoms with Crippen molar-refractivity contribution in [3.05, 3.63) is 0 Å². The maximum atomic E-state index is 11.9. The van der Waals surface area contributed by atoms with Crippen LogP contribution in [-0.4, -0.2) is 53.3 Å². The van der Waals surface area contributed by atoms with Crippen molar-refractivity contribution in [2.75, 3.05) is 14.0 Å². The summed E-state index contributed by atoms with van der Waals surface area (Å²) in [7, 11) is 0. The minimum Gasteiger partial charge on any atom is -0.248 e. The average molecular weight is 185 g/mol. The molecule has 0 fully saturated rings. The van der Waals surface area contributed by atoms with Crippen LogP contribution in [0.5, 0.6) is 0 Å². The minimum atomic E-state index is -3.10. The zero-order chi connectivity index (χ0) is 14.6. The van der Waals surface area contributed by atoms with Gasteiger partial charge in [-0.25, -0.2) is 14.6 Å². The van der Waals surface area contributed by atoms with E-state index in [1.54, 1.807) is 0 Å². The molecule has 6 nitrogen and oxygen atoms in total. The molecule has 0 aromatic rings. The molecule has 2 heterocycles. The van der Waals surface area contributed by atoms with Crippen molar-refractivity contribution in [1.82, 2.24) is 4.90 Å². The summed E-state index contributed by atoms with van der Waals surface area (Å²) in [5, 5.41) is 0. The quantitative estimate of drug-likeness (QED) is 0.459. The van der Waals surface area contributed by atoms with Gasteiger partial charge in [0.25, 0.3) is 5.84 Å². The van der Waals surface area contributed by atoms with E-state index in [1.165, 1.54) is 0 Å². The Kier molecular flexibility index (Phi) is 0.622. The summed E-state index contributed by atoms with van der Waals surface area (Å²) in [6.45, 7) is -6.08. The molecule has 0 radical (unpaired) electrons. The lowest BCUT2D eigenvalue weighted by Gasteiger charge is -2.15. The first-order valence-corrected chi connectivity index (χ1v) is 3.21. The van der Waals surface area contributed by atoms with Crippen molar-refractivity contribution in [2.24, 2.45) is 9.98 Å². The number of carbonyl (C=O) groups excluding carboxylic acids is 2. The number of hydrogen-bond acceptors (Lipinski definition) is 4. The molecule has 0 spiro atoms. The van der Waals surface area contributed by atoms with E-state index in [9.17, 15) is 9.59 Å². The van der Waals surface area contributed by atoms with Crippen molar-refractivity contribution in [2.45, 2.75) is 0 Å². The predicted octanol–water partition coefficient (Wildman–Crippen LogP) is -0.898. The predicted molar refractivity (Wildman–Crippen MR) is 45.3 cm³/mol. The molecule has 0 saturated carbocycles. The fourth-order valence-corrected chi connectivity index (χ4v) is 0.958. The first-order valence-electron chi connectivity index (χ1n) is 6.21. The van der Waals surface area contributed by atoms with E-state index >= 15 is 0 Å². The molecule has 0 unspecified atom stereocenters. The third kappa shape index (κ3) is 0.851. The number of carbonyl (C=O) groups is 2. The van der Waals surface area contributed by atoms with E-state index in [-0.39, 0.29) is 9.48 Å². The van der Waals surface area contributed by atoms with Crippen LogP contribution in [0.15, 0.2) is 9.98 Å². The molecule has 0 bridgehead atoms. The number of imide groups is 1. The van der Waals surface area contributed by atoms with Gasteiger partial charge in [0.2, 0.25) is 5.71 Å². The van der Waals surface area contributed by atoms with Gasteiger partial charge in [0.05, 0.1) is 22.2 Å². The highest BCUT2D eigenvalue weighted by atomic mass is 16.2. The van der Waals surface area contributed by atoms with Crippen LogP contribution in [-0.2, 0) is 4.79 Å². The first kappa shape index (κ1) is 3.49. The van der Waals surface area contributed by atoms with Crippen LogP contribution in [0.25, 0.3) is 0 Å².